The maximum Gasteiger partial charge on any atom is 0.350 e. The van der Waals surface area contributed by atoms with Crippen molar-refractivity contribution in [2.75, 3.05) is 26.2 Å². The van der Waals surface area contributed by atoms with Gasteiger partial charge in [0.05, 0.1) is 19.9 Å². The predicted octanol–water partition coefficient (Wildman–Crippen LogP) is 4.18. The molecule has 6 heteroatoms. The van der Waals surface area contributed by atoms with Crippen molar-refractivity contribution in [2.24, 2.45) is 0 Å². The largest absolute Gasteiger partial charge is 0.493 e. The molecule has 4 rings (SSSR count). The molecule has 0 spiro atoms. The van der Waals surface area contributed by atoms with E-state index >= 15 is 0 Å². The van der Waals surface area contributed by atoms with Crippen molar-refractivity contribution >= 4 is 11.5 Å². The van der Waals surface area contributed by atoms with E-state index in [1.54, 1.807) is 18.8 Å². The summed E-state index contributed by atoms with van der Waals surface area (Å²) in [7, 11) is 5.21. The van der Waals surface area contributed by atoms with Crippen molar-refractivity contribution in [3.63, 3.8) is 0 Å². The third kappa shape index (κ3) is 3.22. The molecule has 0 saturated carbocycles. The Bertz CT molecular complexity index is 1170. The number of hydrogen-bond donors (Lipinski definition) is 0. The highest BCUT2D eigenvalue weighted by Crippen LogP contribution is 2.39. The fourth-order valence-corrected chi connectivity index (χ4v) is 4.52. The summed E-state index contributed by atoms with van der Waals surface area (Å²) in [5.41, 5.74) is 7.32. The van der Waals surface area contributed by atoms with Crippen molar-refractivity contribution in [1.82, 2.24) is 9.55 Å². The van der Waals surface area contributed by atoms with Crippen LogP contribution in [0, 0.1) is 20.8 Å². The topological polar surface area (TPSA) is 56.6 Å². The molecule has 3 aromatic rings. The van der Waals surface area contributed by atoms with Gasteiger partial charge in [-0.25, -0.2) is 4.79 Å². The summed E-state index contributed by atoms with van der Waals surface area (Å²) in [6, 6.07) is 10.2. The quantitative estimate of drug-likeness (QED) is 0.652. The lowest BCUT2D eigenvalue weighted by molar-refractivity contribution is 0.354. The Hall–Kier alpha value is -3.28. The second-order valence-corrected chi connectivity index (χ2v) is 7.85. The molecule has 30 heavy (non-hydrogen) atoms. The Labute approximate surface area is 176 Å². The molecule has 0 bridgehead atoms. The molecule has 1 aromatic heterocycles. The standard InChI is InChI=1S/C24H27N3O3/c1-14-9-15(2)23(16(3)10-14)26(4)22-13-19-18-12-21(30-6)20(29-5)11-17(18)7-8-27(19)24(28)25-22/h9-13H,7-8H2,1-6H3. The van der Waals surface area contributed by atoms with E-state index in [0.29, 0.717) is 23.9 Å². The summed E-state index contributed by atoms with van der Waals surface area (Å²) in [5.74, 6) is 1.97. The van der Waals surface area contributed by atoms with Crippen LogP contribution < -0.4 is 20.1 Å². The molecule has 0 atom stereocenters. The molecule has 6 nitrogen and oxygen atoms in total. The lowest BCUT2D eigenvalue weighted by atomic mass is 9.96. The summed E-state index contributed by atoms with van der Waals surface area (Å²) in [6.07, 6.45) is 0.746. The minimum absolute atomic E-state index is 0.239. The van der Waals surface area contributed by atoms with Crippen molar-refractivity contribution in [3.8, 4) is 22.8 Å². The lowest BCUT2D eigenvalue weighted by Gasteiger charge is -2.27. The SMILES string of the molecule is COc1cc2c(cc1OC)-c1cc(N(C)c3c(C)cc(C)cc3C)nc(=O)n1CC2. The lowest BCUT2D eigenvalue weighted by Crippen LogP contribution is -2.30. The molecule has 1 aliphatic rings. The third-order valence-electron chi connectivity index (χ3n) is 5.80. The van der Waals surface area contributed by atoms with Gasteiger partial charge in [-0.2, -0.15) is 4.98 Å². The van der Waals surface area contributed by atoms with Crippen LogP contribution >= 0.6 is 0 Å². The molecule has 0 radical (unpaired) electrons. The van der Waals surface area contributed by atoms with Crippen LogP contribution in [-0.4, -0.2) is 30.8 Å². The van der Waals surface area contributed by atoms with Gasteiger partial charge in [0.15, 0.2) is 11.5 Å². The number of aryl methyl sites for hydroxylation is 4. The van der Waals surface area contributed by atoms with Gasteiger partial charge < -0.3 is 14.4 Å². The zero-order valence-electron chi connectivity index (χ0n) is 18.4. The summed E-state index contributed by atoms with van der Waals surface area (Å²) < 4.78 is 12.7. The molecule has 156 valence electrons. The monoisotopic (exact) mass is 405 g/mol. The number of ether oxygens (including phenoxy) is 2. The molecule has 2 aromatic carbocycles. The molecule has 0 aliphatic carbocycles. The number of anilines is 2. The Morgan fingerprint density at radius 3 is 2.23 bits per heavy atom. The molecule has 0 saturated heterocycles. The fraction of sp³-hybridized carbons (Fsp3) is 0.333. The molecule has 0 amide bonds. The fourth-order valence-electron chi connectivity index (χ4n) is 4.52. The van der Waals surface area contributed by atoms with Crippen LogP contribution in [-0.2, 0) is 13.0 Å². The van der Waals surface area contributed by atoms with Gasteiger partial charge in [-0.3, -0.25) is 4.57 Å². The number of aromatic nitrogens is 2. The van der Waals surface area contributed by atoms with Crippen LogP contribution in [0.15, 0.2) is 35.1 Å². The first-order chi connectivity index (χ1) is 14.3. The zero-order chi connectivity index (χ0) is 21.6. The number of benzene rings is 2. The molecular formula is C24H27N3O3. The van der Waals surface area contributed by atoms with Gasteiger partial charge >= 0.3 is 5.69 Å². The predicted molar refractivity (Wildman–Crippen MR) is 119 cm³/mol. The molecule has 0 fully saturated rings. The van der Waals surface area contributed by atoms with E-state index in [9.17, 15) is 4.79 Å². The van der Waals surface area contributed by atoms with Gasteiger partial charge in [0.25, 0.3) is 0 Å². The molecule has 0 N–H and O–H groups in total. The van der Waals surface area contributed by atoms with Gasteiger partial charge in [-0.15, -0.1) is 0 Å². The number of fused-ring (bicyclic) bond motifs is 3. The van der Waals surface area contributed by atoms with Gasteiger partial charge in [-0.1, -0.05) is 17.7 Å². The van der Waals surface area contributed by atoms with Crippen LogP contribution in [0.25, 0.3) is 11.3 Å². The zero-order valence-corrected chi connectivity index (χ0v) is 18.4. The summed E-state index contributed by atoms with van der Waals surface area (Å²) in [6.45, 7) is 6.86. The number of hydrogen-bond acceptors (Lipinski definition) is 5. The van der Waals surface area contributed by atoms with Crippen LogP contribution in [0.2, 0.25) is 0 Å². The van der Waals surface area contributed by atoms with Crippen LogP contribution in [0.5, 0.6) is 11.5 Å². The van der Waals surface area contributed by atoms with Crippen molar-refractivity contribution in [3.05, 3.63) is 63.1 Å². The van der Waals surface area contributed by atoms with Crippen molar-refractivity contribution in [1.29, 1.82) is 0 Å². The first-order valence-corrected chi connectivity index (χ1v) is 10.0. The van der Waals surface area contributed by atoms with E-state index in [1.807, 2.05) is 30.1 Å². The summed E-state index contributed by atoms with van der Waals surface area (Å²) >= 11 is 0. The Balaban J connectivity index is 1.88. The molecule has 1 aliphatic heterocycles. The molecule has 0 unspecified atom stereocenters. The second kappa shape index (κ2) is 7.52. The third-order valence-corrected chi connectivity index (χ3v) is 5.80. The summed E-state index contributed by atoms with van der Waals surface area (Å²) in [5, 5.41) is 0. The van der Waals surface area contributed by atoms with E-state index in [4.69, 9.17) is 9.47 Å². The van der Waals surface area contributed by atoms with Gasteiger partial charge in [0.2, 0.25) is 0 Å². The average Bonchev–Trinajstić information content (AvgIpc) is 2.71. The number of methoxy groups -OCH3 is 2. The van der Waals surface area contributed by atoms with Crippen LogP contribution in [0.1, 0.15) is 22.3 Å². The highest BCUT2D eigenvalue weighted by Gasteiger charge is 2.23. The van der Waals surface area contributed by atoms with Crippen molar-refractivity contribution in [2.45, 2.75) is 33.7 Å². The Kier molecular flexibility index (Phi) is 5.02. The van der Waals surface area contributed by atoms with E-state index in [-0.39, 0.29) is 5.69 Å². The van der Waals surface area contributed by atoms with E-state index in [0.717, 1.165) is 40.1 Å². The average molecular weight is 405 g/mol. The van der Waals surface area contributed by atoms with Gasteiger partial charge in [-0.05, 0) is 56.0 Å². The second-order valence-electron chi connectivity index (χ2n) is 7.85. The van der Waals surface area contributed by atoms with Crippen LogP contribution in [0.3, 0.4) is 0 Å². The number of nitrogens with zero attached hydrogens (tertiary/aromatic N) is 3. The van der Waals surface area contributed by atoms with E-state index in [1.165, 1.54) is 5.56 Å². The minimum Gasteiger partial charge on any atom is -0.493 e. The van der Waals surface area contributed by atoms with E-state index in [2.05, 4.69) is 37.9 Å². The Morgan fingerprint density at radius 1 is 0.967 bits per heavy atom. The molecule has 2 heterocycles. The van der Waals surface area contributed by atoms with Crippen LogP contribution in [0.4, 0.5) is 11.5 Å². The Morgan fingerprint density at radius 2 is 1.60 bits per heavy atom. The smallest absolute Gasteiger partial charge is 0.350 e. The first-order valence-electron chi connectivity index (χ1n) is 10.0. The highest BCUT2D eigenvalue weighted by atomic mass is 16.5. The van der Waals surface area contributed by atoms with E-state index < -0.39 is 0 Å². The minimum atomic E-state index is -0.239. The maximum atomic E-state index is 12.9. The normalized spacial score (nSPS) is 12.2. The first kappa shape index (κ1) is 20.0. The highest BCUT2D eigenvalue weighted by molar-refractivity contribution is 5.74. The number of rotatable bonds is 4. The van der Waals surface area contributed by atoms with Gasteiger partial charge in [0, 0.05) is 30.9 Å². The van der Waals surface area contributed by atoms with Gasteiger partial charge in [0.1, 0.15) is 5.82 Å². The maximum absolute atomic E-state index is 12.9. The molecular weight excluding hydrogens is 378 g/mol. The summed E-state index contributed by atoms with van der Waals surface area (Å²) in [4.78, 5) is 19.3. The van der Waals surface area contributed by atoms with Crippen molar-refractivity contribution < 1.29 is 9.47 Å².